The number of nitrogens with zero attached hydrogens (tertiary/aromatic N) is 2. The molecule has 0 bridgehead atoms. The van der Waals surface area contributed by atoms with E-state index in [1.165, 1.54) is 6.33 Å². The van der Waals surface area contributed by atoms with Crippen LogP contribution in [-0.2, 0) is 4.79 Å². The maximum atomic E-state index is 10.6. The molecule has 0 saturated carbocycles. The SMILES string of the molecule is CC(C)CCNc1cc(NC(C)CC(=O)O)ncn1. The topological polar surface area (TPSA) is 87.1 Å². The Balaban J connectivity index is 2.49. The zero-order chi connectivity index (χ0) is 14.3. The van der Waals surface area contributed by atoms with Gasteiger partial charge in [0.25, 0.3) is 0 Å². The van der Waals surface area contributed by atoms with Crippen molar-refractivity contribution in [2.45, 2.75) is 39.7 Å². The predicted molar refractivity (Wildman–Crippen MR) is 75.3 cm³/mol. The monoisotopic (exact) mass is 266 g/mol. The fraction of sp³-hybridized carbons (Fsp3) is 0.615. The molecular weight excluding hydrogens is 244 g/mol. The quantitative estimate of drug-likeness (QED) is 0.668. The first-order valence-electron chi connectivity index (χ1n) is 6.51. The molecule has 106 valence electrons. The standard InChI is InChI=1S/C13H22N4O2/c1-9(2)4-5-14-11-7-12(16-8-15-11)17-10(3)6-13(18)19/h7-10H,4-6H2,1-3H3,(H,18,19)(H2,14,15,16,17). The van der Waals surface area contributed by atoms with Crippen LogP contribution >= 0.6 is 0 Å². The van der Waals surface area contributed by atoms with Crippen LogP contribution in [0.15, 0.2) is 12.4 Å². The van der Waals surface area contributed by atoms with Gasteiger partial charge in [-0.1, -0.05) is 13.8 Å². The first-order chi connectivity index (χ1) is 8.97. The maximum Gasteiger partial charge on any atom is 0.305 e. The first kappa shape index (κ1) is 15.2. The lowest BCUT2D eigenvalue weighted by atomic mass is 10.1. The highest BCUT2D eigenvalue weighted by Gasteiger charge is 2.08. The van der Waals surface area contributed by atoms with Gasteiger partial charge in [-0.05, 0) is 19.3 Å². The Bertz CT molecular complexity index is 409. The summed E-state index contributed by atoms with van der Waals surface area (Å²) >= 11 is 0. The number of carboxylic acid groups (broad SMARTS) is 1. The summed E-state index contributed by atoms with van der Waals surface area (Å²) < 4.78 is 0. The van der Waals surface area contributed by atoms with E-state index in [1.54, 1.807) is 6.07 Å². The Morgan fingerprint density at radius 3 is 2.63 bits per heavy atom. The number of carbonyl (C=O) groups is 1. The number of carboxylic acids is 1. The molecule has 0 amide bonds. The smallest absolute Gasteiger partial charge is 0.305 e. The van der Waals surface area contributed by atoms with Gasteiger partial charge in [-0.2, -0.15) is 0 Å². The van der Waals surface area contributed by atoms with Crippen LogP contribution in [-0.4, -0.2) is 33.6 Å². The molecule has 1 heterocycles. The molecule has 0 saturated heterocycles. The molecule has 1 unspecified atom stereocenters. The third-order valence-corrected chi connectivity index (χ3v) is 2.57. The first-order valence-corrected chi connectivity index (χ1v) is 6.51. The zero-order valence-electron chi connectivity index (χ0n) is 11.7. The number of hydrogen-bond acceptors (Lipinski definition) is 5. The van der Waals surface area contributed by atoms with E-state index in [-0.39, 0.29) is 12.5 Å². The number of aliphatic carboxylic acids is 1. The molecule has 0 aliphatic rings. The second kappa shape index (κ2) is 7.56. The van der Waals surface area contributed by atoms with Crippen molar-refractivity contribution in [3.05, 3.63) is 12.4 Å². The largest absolute Gasteiger partial charge is 0.481 e. The van der Waals surface area contributed by atoms with Crippen molar-refractivity contribution >= 4 is 17.6 Å². The van der Waals surface area contributed by atoms with Crippen LogP contribution in [0.5, 0.6) is 0 Å². The fourth-order valence-electron chi connectivity index (χ4n) is 1.59. The molecule has 6 heteroatoms. The van der Waals surface area contributed by atoms with Gasteiger partial charge in [-0.3, -0.25) is 4.79 Å². The van der Waals surface area contributed by atoms with Crippen molar-refractivity contribution in [3.63, 3.8) is 0 Å². The van der Waals surface area contributed by atoms with Crippen LogP contribution in [0, 0.1) is 5.92 Å². The van der Waals surface area contributed by atoms with Gasteiger partial charge in [-0.25, -0.2) is 9.97 Å². The van der Waals surface area contributed by atoms with Crippen LogP contribution in [0.1, 0.15) is 33.6 Å². The Hall–Kier alpha value is -1.85. The minimum atomic E-state index is -0.829. The van der Waals surface area contributed by atoms with Crippen LogP contribution in [0.2, 0.25) is 0 Å². The van der Waals surface area contributed by atoms with E-state index in [1.807, 2.05) is 6.92 Å². The molecule has 1 atom stereocenters. The highest BCUT2D eigenvalue weighted by atomic mass is 16.4. The van der Waals surface area contributed by atoms with Crippen molar-refractivity contribution < 1.29 is 9.90 Å². The number of anilines is 2. The minimum absolute atomic E-state index is 0.0557. The van der Waals surface area contributed by atoms with Gasteiger partial charge in [0.2, 0.25) is 0 Å². The number of aromatic nitrogens is 2. The van der Waals surface area contributed by atoms with Crippen molar-refractivity contribution in [1.82, 2.24) is 9.97 Å². The van der Waals surface area contributed by atoms with Gasteiger partial charge in [0, 0.05) is 18.7 Å². The fourth-order valence-corrected chi connectivity index (χ4v) is 1.59. The third kappa shape index (κ3) is 6.59. The second-order valence-corrected chi connectivity index (χ2v) is 5.04. The average Bonchev–Trinajstić information content (AvgIpc) is 2.27. The van der Waals surface area contributed by atoms with E-state index in [4.69, 9.17) is 5.11 Å². The van der Waals surface area contributed by atoms with Crippen LogP contribution in [0.4, 0.5) is 11.6 Å². The lowest BCUT2D eigenvalue weighted by molar-refractivity contribution is -0.137. The third-order valence-electron chi connectivity index (χ3n) is 2.57. The van der Waals surface area contributed by atoms with Crippen LogP contribution in [0.3, 0.4) is 0 Å². The summed E-state index contributed by atoms with van der Waals surface area (Å²) in [7, 11) is 0. The lowest BCUT2D eigenvalue weighted by Crippen LogP contribution is -2.20. The summed E-state index contributed by atoms with van der Waals surface area (Å²) in [6.07, 6.45) is 2.59. The molecule has 1 rings (SSSR count). The molecule has 0 aromatic carbocycles. The van der Waals surface area contributed by atoms with E-state index >= 15 is 0 Å². The maximum absolute atomic E-state index is 10.6. The Morgan fingerprint density at radius 2 is 2.00 bits per heavy atom. The molecule has 1 aromatic rings. The number of nitrogens with one attached hydrogen (secondary N) is 2. The molecule has 0 aliphatic carbocycles. The second-order valence-electron chi connectivity index (χ2n) is 5.04. The Kier molecular flexibility index (Phi) is 6.05. The van der Waals surface area contributed by atoms with Crippen LogP contribution in [0.25, 0.3) is 0 Å². The van der Waals surface area contributed by atoms with Crippen molar-refractivity contribution in [2.75, 3.05) is 17.2 Å². The van der Waals surface area contributed by atoms with E-state index in [0.29, 0.717) is 11.7 Å². The van der Waals surface area contributed by atoms with E-state index in [9.17, 15) is 4.79 Å². The van der Waals surface area contributed by atoms with Crippen molar-refractivity contribution in [2.24, 2.45) is 5.92 Å². The molecule has 0 fully saturated rings. The minimum Gasteiger partial charge on any atom is -0.481 e. The Labute approximate surface area is 113 Å². The molecule has 0 spiro atoms. The van der Waals surface area contributed by atoms with E-state index < -0.39 is 5.97 Å². The van der Waals surface area contributed by atoms with E-state index in [2.05, 4.69) is 34.4 Å². The highest BCUT2D eigenvalue weighted by molar-refractivity contribution is 5.68. The van der Waals surface area contributed by atoms with Gasteiger partial charge in [0.05, 0.1) is 6.42 Å². The summed E-state index contributed by atoms with van der Waals surface area (Å²) in [5.41, 5.74) is 0. The average molecular weight is 266 g/mol. The summed E-state index contributed by atoms with van der Waals surface area (Å²) in [5, 5.41) is 15.0. The lowest BCUT2D eigenvalue weighted by Gasteiger charge is -2.13. The summed E-state index contributed by atoms with van der Waals surface area (Å²) in [4.78, 5) is 18.8. The van der Waals surface area contributed by atoms with Gasteiger partial charge in [0.15, 0.2) is 0 Å². The van der Waals surface area contributed by atoms with Crippen LogP contribution < -0.4 is 10.6 Å². The van der Waals surface area contributed by atoms with E-state index in [0.717, 1.165) is 18.8 Å². The molecular formula is C13H22N4O2. The highest BCUT2D eigenvalue weighted by Crippen LogP contribution is 2.11. The van der Waals surface area contributed by atoms with Gasteiger partial charge in [0.1, 0.15) is 18.0 Å². The predicted octanol–water partition coefficient (Wildman–Crippen LogP) is 2.21. The van der Waals surface area contributed by atoms with Crippen molar-refractivity contribution in [3.8, 4) is 0 Å². The molecule has 0 radical (unpaired) electrons. The molecule has 3 N–H and O–H groups in total. The van der Waals surface area contributed by atoms with Crippen molar-refractivity contribution in [1.29, 1.82) is 0 Å². The summed E-state index contributed by atoms with van der Waals surface area (Å²) in [6, 6.07) is 1.62. The van der Waals surface area contributed by atoms with Gasteiger partial charge < -0.3 is 15.7 Å². The number of rotatable bonds is 8. The normalized spacial score (nSPS) is 12.2. The van der Waals surface area contributed by atoms with Gasteiger partial charge in [-0.15, -0.1) is 0 Å². The Morgan fingerprint density at radius 1 is 1.32 bits per heavy atom. The molecule has 19 heavy (non-hydrogen) atoms. The molecule has 0 aliphatic heterocycles. The molecule has 1 aromatic heterocycles. The molecule has 6 nitrogen and oxygen atoms in total. The van der Waals surface area contributed by atoms with Gasteiger partial charge >= 0.3 is 5.97 Å². The summed E-state index contributed by atoms with van der Waals surface area (Å²) in [5.74, 6) is 1.20. The summed E-state index contributed by atoms with van der Waals surface area (Å²) in [6.45, 7) is 7.01. The zero-order valence-corrected chi connectivity index (χ0v) is 11.7. The number of hydrogen-bond donors (Lipinski definition) is 3.